The van der Waals surface area contributed by atoms with Crippen molar-refractivity contribution in [2.75, 3.05) is 6.54 Å². The highest BCUT2D eigenvalue weighted by atomic mass is 35.5. The molecule has 1 aromatic heterocycles. The summed E-state index contributed by atoms with van der Waals surface area (Å²) < 4.78 is 20.6. The molecule has 1 aromatic carbocycles. The Morgan fingerprint density at radius 1 is 1.40 bits per heavy atom. The largest absolute Gasteiger partial charge is 0.458 e. The second-order valence-electron chi connectivity index (χ2n) is 5.84. The Kier molecular flexibility index (Phi) is 3.74. The molecule has 2 nitrogen and oxygen atoms in total. The molecule has 20 heavy (non-hydrogen) atoms. The fraction of sp³-hybridized carbons (Fsp3) is 0.500. The summed E-state index contributed by atoms with van der Waals surface area (Å²) in [5.41, 5.74) is -0.773. The predicted molar refractivity (Wildman–Crippen MR) is 79.9 cm³/mol. The van der Waals surface area contributed by atoms with Crippen LogP contribution in [0.25, 0.3) is 11.0 Å². The highest BCUT2D eigenvalue weighted by Gasteiger charge is 2.33. The molecule has 4 heteroatoms. The maximum Gasteiger partial charge on any atom is 0.166 e. The molecule has 2 aromatic rings. The van der Waals surface area contributed by atoms with Gasteiger partial charge >= 0.3 is 0 Å². The Balaban J connectivity index is 1.83. The van der Waals surface area contributed by atoms with Crippen LogP contribution in [0.1, 0.15) is 38.4 Å². The second kappa shape index (κ2) is 5.38. The molecular formula is C16H19ClFNO. The van der Waals surface area contributed by atoms with E-state index in [9.17, 15) is 4.39 Å². The zero-order valence-corrected chi connectivity index (χ0v) is 12.3. The van der Waals surface area contributed by atoms with Crippen molar-refractivity contribution in [3.63, 3.8) is 0 Å². The van der Waals surface area contributed by atoms with E-state index in [0.717, 1.165) is 18.4 Å². The van der Waals surface area contributed by atoms with Gasteiger partial charge in [-0.25, -0.2) is 4.39 Å². The highest BCUT2D eigenvalue weighted by Crippen LogP contribution is 2.36. The Morgan fingerprint density at radius 2 is 2.25 bits per heavy atom. The van der Waals surface area contributed by atoms with E-state index < -0.39 is 5.67 Å². The lowest BCUT2D eigenvalue weighted by atomic mass is 9.91. The molecule has 0 spiro atoms. The maximum atomic E-state index is 15.0. The van der Waals surface area contributed by atoms with Crippen molar-refractivity contribution in [3.05, 3.63) is 35.0 Å². The molecule has 108 valence electrons. The summed E-state index contributed by atoms with van der Waals surface area (Å²) >= 11 is 5.95. The third-order valence-corrected chi connectivity index (χ3v) is 4.27. The quantitative estimate of drug-likeness (QED) is 0.879. The average molecular weight is 296 g/mol. The van der Waals surface area contributed by atoms with Gasteiger partial charge < -0.3 is 9.73 Å². The number of benzene rings is 1. The molecule has 1 fully saturated rings. The van der Waals surface area contributed by atoms with Gasteiger partial charge in [-0.05, 0) is 50.6 Å². The van der Waals surface area contributed by atoms with E-state index >= 15 is 0 Å². The van der Waals surface area contributed by atoms with Gasteiger partial charge in [0, 0.05) is 22.9 Å². The fourth-order valence-electron chi connectivity index (χ4n) is 2.93. The lowest BCUT2D eigenvalue weighted by molar-refractivity contribution is 0.119. The Bertz CT molecular complexity index is 602. The molecule has 0 bridgehead atoms. The normalized spacial score (nSPS) is 22.9. The van der Waals surface area contributed by atoms with E-state index in [1.54, 1.807) is 31.2 Å². The van der Waals surface area contributed by atoms with Crippen LogP contribution in [0.3, 0.4) is 0 Å². The van der Waals surface area contributed by atoms with Crippen molar-refractivity contribution in [2.45, 2.75) is 44.3 Å². The van der Waals surface area contributed by atoms with Crippen LogP contribution in [-0.2, 0) is 5.67 Å². The van der Waals surface area contributed by atoms with Crippen LogP contribution in [-0.4, -0.2) is 12.6 Å². The van der Waals surface area contributed by atoms with Gasteiger partial charge in [0.05, 0.1) is 0 Å². The van der Waals surface area contributed by atoms with E-state index in [1.165, 1.54) is 12.8 Å². The third kappa shape index (κ3) is 2.84. The molecule has 0 radical (unpaired) electrons. The minimum Gasteiger partial charge on any atom is -0.458 e. The Hall–Kier alpha value is -1.06. The first-order valence-electron chi connectivity index (χ1n) is 7.16. The van der Waals surface area contributed by atoms with E-state index in [0.29, 0.717) is 22.8 Å². The van der Waals surface area contributed by atoms with E-state index in [4.69, 9.17) is 16.0 Å². The first kappa shape index (κ1) is 13.9. The molecule has 1 N–H and O–H groups in total. The molecule has 1 saturated heterocycles. The summed E-state index contributed by atoms with van der Waals surface area (Å²) in [5.74, 6) is 0.391. The summed E-state index contributed by atoms with van der Waals surface area (Å²) in [6.07, 6.45) is 3.83. The number of halogens is 2. The molecule has 1 aliphatic rings. The summed E-state index contributed by atoms with van der Waals surface area (Å²) in [7, 11) is 0. The zero-order valence-electron chi connectivity index (χ0n) is 11.6. The van der Waals surface area contributed by atoms with E-state index in [2.05, 4.69) is 5.32 Å². The predicted octanol–water partition coefficient (Wildman–Crippen LogP) is 4.80. The monoisotopic (exact) mass is 295 g/mol. The van der Waals surface area contributed by atoms with Crippen molar-refractivity contribution in [3.8, 4) is 0 Å². The zero-order chi connectivity index (χ0) is 14.2. The van der Waals surface area contributed by atoms with Crippen LogP contribution in [0.5, 0.6) is 0 Å². The van der Waals surface area contributed by atoms with Crippen molar-refractivity contribution < 1.29 is 8.81 Å². The lowest BCUT2D eigenvalue weighted by Crippen LogP contribution is -2.38. The Labute approximate surface area is 123 Å². The van der Waals surface area contributed by atoms with Gasteiger partial charge in [-0.3, -0.25) is 0 Å². The van der Waals surface area contributed by atoms with Gasteiger partial charge in [-0.1, -0.05) is 18.0 Å². The smallest absolute Gasteiger partial charge is 0.166 e. The molecular weight excluding hydrogens is 277 g/mol. The lowest BCUT2D eigenvalue weighted by Gasteiger charge is -2.28. The number of fused-ring (bicyclic) bond motifs is 1. The number of piperidine rings is 1. The van der Waals surface area contributed by atoms with Gasteiger partial charge in [0.1, 0.15) is 11.3 Å². The van der Waals surface area contributed by atoms with Crippen LogP contribution in [0.2, 0.25) is 5.02 Å². The molecule has 2 atom stereocenters. The molecule has 0 aliphatic carbocycles. The topological polar surface area (TPSA) is 25.2 Å². The van der Waals surface area contributed by atoms with Crippen molar-refractivity contribution >= 4 is 22.6 Å². The molecule has 0 saturated carbocycles. The molecule has 3 rings (SSSR count). The van der Waals surface area contributed by atoms with Crippen molar-refractivity contribution in [2.24, 2.45) is 0 Å². The van der Waals surface area contributed by atoms with Crippen LogP contribution < -0.4 is 5.32 Å². The average Bonchev–Trinajstić information content (AvgIpc) is 2.83. The maximum absolute atomic E-state index is 15.0. The van der Waals surface area contributed by atoms with Gasteiger partial charge in [-0.15, -0.1) is 0 Å². The van der Waals surface area contributed by atoms with Gasteiger partial charge in [0.2, 0.25) is 0 Å². The molecule has 2 unspecified atom stereocenters. The SMILES string of the molecule is CC(F)(CC1CCCCN1)c1cc2cc(Cl)ccc2o1. The van der Waals surface area contributed by atoms with Crippen molar-refractivity contribution in [1.82, 2.24) is 5.32 Å². The fourth-order valence-corrected chi connectivity index (χ4v) is 3.11. The molecule has 2 heterocycles. The minimum absolute atomic E-state index is 0.232. The van der Waals surface area contributed by atoms with Crippen LogP contribution >= 0.6 is 11.6 Å². The van der Waals surface area contributed by atoms with Gasteiger partial charge in [0.25, 0.3) is 0 Å². The number of alkyl halides is 1. The Morgan fingerprint density at radius 3 is 3.00 bits per heavy atom. The summed E-state index contributed by atoms with van der Waals surface area (Å²) in [4.78, 5) is 0. The first-order valence-corrected chi connectivity index (χ1v) is 7.54. The first-order chi connectivity index (χ1) is 9.54. The number of hydrogen-bond acceptors (Lipinski definition) is 2. The van der Waals surface area contributed by atoms with E-state index in [-0.39, 0.29) is 6.04 Å². The second-order valence-corrected chi connectivity index (χ2v) is 6.28. The number of furan rings is 1. The molecule has 0 amide bonds. The van der Waals surface area contributed by atoms with Crippen LogP contribution in [0.4, 0.5) is 4.39 Å². The van der Waals surface area contributed by atoms with Gasteiger partial charge in [0.15, 0.2) is 5.67 Å². The molecule has 1 aliphatic heterocycles. The highest BCUT2D eigenvalue weighted by molar-refractivity contribution is 6.31. The van der Waals surface area contributed by atoms with Crippen LogP contribution in [0, 0.1) is 0 Å². The number of nitrogens with one attached hydrogen (secondary N) is 1. The standard InChI is InChI=1S/C16H19ClFNO/c1-16(18,10-13-4-2-3-7-19-13)15-9-11-8-12(17)5-6-14(11)20-15/h5-6,8-9,13,19H,2-4,7,10H2,1H3. The third-order valence-electron chi connectivity index (χ3n) is 4.03. The van der Waals surface area contributed by atoms with Crippen molar-refractivity contribution in [1.29, 1.82) is 0 Å². The summed E-state index contributed by atoms with van der Waals surface area (Å²) in [6, 6.07) is 7.35. The van der Waals surface area contributed by atoms with Gasteiger partial charge in [-0.2, -0.15) is 0 Å². The minimum atomic E-state index is -1.46. The number of hydrogen-bond donors (Lipinski definition) is 1. The van der Waals surface area contributed by atoms with Crippen LogP contribution in [0.15, 0.2) is 28.7 Å². The summed E-state index contributed by atoms with van der Waals surface area (Å²) in [5, 5.41) is 4.88. The summed E-state index contributed by atoms with van der Waals surface area (Å²) in [6.45, 7) is 2.58. The number of rotatable bonds is 3. The van der Waals surface area contributed by atoms with E-state index in [1.807, 2.05) is 0 Å².